The highest BCUT2D eigenvalue weighted by atomic mass is 16.5. The van der Waals surface area contributed by atoms with Crippen LogP contribution in [0, 0.1) is 6.92 Å². The Morgan fingerprint density at radius 1 is 1.64 bits per heavy atom. The van der Waals surface area contributed by atoms with Crippen LogP contribution in [0.15, 0.2) is 6.07 Å². The van der Waals surface area contributed by atoms with Crippen molar-refractivity contribution >= 4 is 0 Å². The first kappa shape index (κ1) is 11.2. The number of nitrogens with zero attached hydrogens (tertiary/aromatic N) is 2. The van der Waals surface area contributed by atoms with E-state index < -0.39 is 6.10 Å². The summed E-state index contributed by atoms with van der Waals surface area (Å²) in [6.07, 6.45) is 0.393. The van der Waals surface area contributed by atoms with Crippen molar-refractivity contribution in [2.24, 2.45) is 7.05 Å². The van der Waals surface area contributed by atoms with Gasteiger partial charge in [0.15, 0.2) is 0 Å². The number of hydrogen-bond acceptors (Lipinski definition) is 3. The number of aliphatic hydroxyl groups is 1. The van der Waals surface area contributed by atoms with E-state index in [-0.39, 0.29) is 0 Å². The van der Waals surface area contributed by atoms with Crippen LogP contribution in [0.2, 0.25) is 0 Å². The van der Waals surface area contributed by atoms with Crippen LogP contribution in [0.3, 0.4) is 0 Å². The minimum absolute atomic E-state index is 0.340. The maximum absolute atomic E-state index is 9.76. The number of aliphatic hydroxyl groups excluding tert-OH is 1. The predicted molar refractivity (Wildman–Crippen MR) is 54.0 cm³/mol. The van der Waals surface area contributed by atoms with Crippen LogP contribution in [-0.4, -0.2) is 28.1 Å². The topological polar surface area (TPSA) is 47.3 Å². The van der Waals surface area contributed by atoms with Crippen LogP contribution in [0.1, 0.15) is 30.8 Å². The van der Waals surface area contributed by atoms with E-state index in [1.807, 2.05) is 27.0 Å². The third kappa shape index (κ3) is 2.82. The molecule has 4 nitrogen and oxygen atoms in total. The molecule has 0 radical (unpaired) electrons. The van der Waals surface area contributed by atoms with Crippen LogP contribution in [0.5, 0.6) is 0 Å². The number of aryl methyl sites for hydroxylation is 2. The molecule has 0 aliphatic carbocycles. The summed E-state index contributed by atoms with van der Waals surface area (Å²) in [7, 11) is 1.82. The molecule has 1 atom stereocenters. The van der Waals surface area contributed by atoms with Gasteiger partial charge in [-0.15, -0.1) is 0 Å². The fraction of sp³-hybridized carbons (Fsp3) is 0.700. The summed E-state index contributed by atoms with van der Waals surface area (Å²) in [4.78, 5) is 0. The van der Waals surface area contributed by atoms with Gasteiger partial charge in [0.1, 0.15) is 6.10 Å². The third-order valence-corrected chi connectivity index (χ3v) is 2.00. The number of rotatable bonds is 5. The van der Waals surface area contributed by atoms with Gasteiger partial charge >= 0.3 is 0 Å². The van der Waals surface area contributed by atoms with E-state index in [4.69, 9.17) is 4.74 Å². The van der Waals surface area contributed by atoms with Crippen LogP contribution in [0.4, 0.5) is 0 Å². The molecule has 1 aromatic rings. The van der Waals surface area contributed by atoms with Crippen LogP contribution < -0.4 is 0 Å². The van der Waals surface area contributed by atoms with Gasteiger partial charge < -0.3 is 9.84 Å². The molecule has 0 saturated heterocycles. The summed E-state index contributed by atoms with van der Waals surface area (Å²) in [5.74, 6) is 0. The Balaban J connectivity index is 2.51. The minimum atomic E-state index is -0.576. The van der Waals surface area contributed by atoms with Crippen LogP contribution in [-0.2, 0) is 11.8 Å². The molecule has 0 aliphatic heterocycles. The van der Waals surface area contributed by atoms with E-state index in [2.05, 4.69) is 5.10 Å². The molecule has 1 unspecified atom stereocenters. The Morgan fingerprint density at radius 2 is 2.36 bits per heavy atom. The van der Waals surface area contributed by atoms with Crippen molar-refractivity contribution in [2.45, 2.75) is 26.4 Å². The molecule has 0 bridgehead atoms. The Morgan fingerprint density at radius 3 is 2.86 bits per heavy atom. The van der Waals surface area contributed by atoms with Crippen molar-refractivity contribution in [2.75, 3.05) is 13.2 Å². The van der Waals surface area contributed by atoms with Crippen molar-refractivity contribution in [3.8, 4) is 0 Å². The molecule has 1 heterocycles. The van der Waals surface area contributed by atoms with E-state index in [1.165, 1.54) is 0 Å². The van der Waals surface area contributed by atoms with Gasteiger partial charge in [-0.1, -0.05) is 6.92 Å². The molecular weight excluding hydrogens is 180 g/mol. The Bertz CT molecular complexity index is 284. The van der Waals surface area contributed by atoms with Crippen molar-refractivity contribution in [1.82, 2.24) is 9.78 Å². The first-order valence-corrected chi connectivity index (χ1v) is 4.91. The lowest BCUT2D eigenvalue weighted by atomic mass is 10.2. The van der Waals surface area contributed by atoms with Gasteiger partial charge in [-0.25, -0.2) is 0 Å². The van der Waals surface area contributed by atoms with Crippen molar-refractivity contribution < 1.29 is 9.84 Å². The second kappa shape index (κ2) is 5.12. The highest BCUT2D eigenvalue weighted by Crippen LogP contribution is 2.13. The van der Waals surface area contributed by atoms with Gasteiger partial charge in [0.25, 0.3) is 0 Å². The number of aromatic nitrogens is 2. The SMILES string of the molecule is CCCOCC(O)c1cc(C)nn1C. The summed E-state index contributed by atoms with van der Waals surface area (Å²) in [6.45, 7) is 4.98. The summed E-state index contributed by atoms with van der Waals surface area (Å²) < 4.78 is 6.96. The molecule has 0 spiro atoms. The lowest BCUT2D eigenvalue weighted by Gasteiger charge is -2.10. The number of ether oxygens (including phenoxy) is 1. The van der Waals surface area contributed by atoms with Gasteiger partial charge in [-0.05, 0) is 19.4 Å². The van der Waals surface area contributed by atoms with Gasteiger partial charge in [-0.2, -0.15) is 5.10 Å². The zero-order valence-corrected chi connectivity index (χ0v) is 9.03. The lowest BCUT2D eigenvalue weighted by molar-refractivity contribution is 0.0323. The summed E-state index contributed by atoms with van der Waals surface area (Å²) in [5, 5.41) is 13.9. The van der Waals surface area contributed by atoms with Gasteiger partial charge in [0.2, 0.25) is 0 Å². The zero-order valence-electron chi connectivity index (χ0n) is 9.03. The lowest BCUT2D eigenvalue weighted by Crippen LogP contribution is -2.11. The Hall–Kier alpha value is -0.870. The monoisotopic (exact) mass is 198 g/mol. The maximum Gasteiger partial charge on any atom is 0.119 e. The Kier molecular flexibility index (Phi) is 4.10. The van der Waals surface area contributed by atoms with Gasteiger partial charge in [0, 0.05) is 13.7 Å². The molecule has 1 aromatic heterocycles. The quantitative estimate of drug-likeness (QED) is 0.723. The molecule has 0 aliphatic rings. The fourth-order valence-electron chi connectivity index (χ4n) is 1.37. The highest BCUT2D eigenvalue weighted by Gasteiger charge is 2.12. The fourth-order valence-corrected chi connectivity index (χ4v) is 1.37. The van der Waals surface area contributed by atoms with Crippen LogP contribution in [0.25, 0.3) is 0 Å². The zero-order chi connectivity index (χ0) is 10.6. The largest absolute Gasteiger partial charge is 0.384 e. The second-order valence-electron chi connectivity index (χ2n) is 3.42. The summed E-state index contributed by atoms with van der Waals surface area (Å²) >= 11 is 0. The van der Waals surface area contributed by atoms with E-state index in [0.29, 0.717) is 13.2 Å². The molecule has 1 N–H and O–H groups in total. The molecule has 1 rings (SSSR count). The smallest absolute Gasteiger partial charge is 0.119 e. The van der Waals surface area contributed by atoms with Crippen molar-refractivity contribution in [1.29, 1.82) is 0 Å². The highest BCUT2D eigenvalue weighted by molar-refractivity contribution is 5.11. The minimum Gasteiger partial charge on any atom is -0.384 e. The summed E-state index contributed by atoms with van der Waals surface area (Å²) in [5.41, 5.74) is 1.72. The molecule has 4 heteroatoms. The van der Waals surface area contributed by atoms with Crippen molar-refractivity contribution in [3.63, 3.8) is 0 Å². The normalized spacial score (nSPS) is 13.1. The molecule has 14 heavy (non-hydrogen) atoms. The van der Waals surface area contributed by atoms with E-state index >= 15 is 0 Å². The predicted octanol–water partition coefficient (Wildman–Crippen LogP) is 1.19. The maximum atomic E-state index is 9.76. The molecule has 0 amide bonds. The van der Waals surface area contributed by atoms with Gasteiger partial charge in [-0.3, -0.25) is 4.68 Å². The van der Waals surface area contributed by atoms with E-state index in [0.717, 1.165) is 17.8 Å². The summed E-state index contributed by atoms with van der Waals surface area (Å²) in [6, 6.07) is 1.87. The molecule has 0 fully saturated rings. The molecule has 0 aromatic carbocycles. The second-order valence-corrected chi connectivity index (χ2v) is 3.42. The number of hydrogen-bond donors (Lipinski definition) is 1. The van der Waals surface area contributed by atoms with Gasteiger partial charge in [0.05, 0.1) is 18.0 Å². The average Bonchev–Trinajstić information content (AvgIpc) is 2.45. The first-order chi connectivity index (χ1) is 6.65. The average molecular weight is 198 g/mol. The van der Waals surface area contributed by atoms with Crippen molar-refractivity contribution in [3.05, 3.63) is 17.5 Å². The third-order valence-electron chi connectivity index (χ3n) is 2.00. The van der Waals surface area contributed by atoms with E-state index in [9.17, 15) is 5.11 Å². The standard InChI is InChI=1S/C10H18N2O2/c1-4-5-14-7-10(13)9-6-8(2)11-12(9)3/h6,10,13H,4-5,7H2,1-3H3. The molecular formula is C10H18N2O2. The first-order valence-electron chi connectivity index (χ1n) is 4.91. The van der Waals surface area contributed by atoms with E-state index in [1.54, 1.807) is 4.68 Å². The van der Waals surface area contributed by atoms with Crippen LogP contribution >= 0.6 is 0 Å². The Labute approximate surface area is 84.5 Å². The molecule has 80 valence electrons. The molecule has 0 saturated carbocycles.